The highest BCUT2D eigenvalue weighted by atomic mass is 79.9. The molecular formula is C14H16BrNO2. The molecule has 1 heterocycles. The molecule has 1 aromatic rings. The summed E-state index contributed by atoms with van der Waals surface area (Å²) in [4.78, 5) is 25.4. The van der Waals surface area contributed by atoms with E-state index < -0.39 is 0 Å². The maximum Gasteiger partial charge on any atom is 0.262 e. The number of benzene rings is 1. The Morgan fingerprint density at radius 2 is 1.67 bits per heavy atom. The summed E-state index contributed by atoms with van der Waals surface area (Å²) in [5.74, 6) is -0.372. The van der Waals surface area contributed by atoms with E-state index in [0.717, 1.165) is 25.7 Å². The number of carbonyl (C=O) groups excluding carboxylic acids is 2. The minimum Gasteiger partial charge on any atom is -0.269 e. The van der Waals surface area contributed by atoms with Crippen molar-refractivity contribution in [2.24, 2.45) is 0 Å². The van der Waals surface area contributed by atoms with Crippen LogP contribution in [-0.2, 0) is 0 Å². The second-order valence-electron chi connectivity index (χ2n) is 4.46. The van der Waals surface area contributed by atoms with Gasteiger partial charge in [0.1, 0.15) is 0 Å². The van der Waals surface area contributed by atoms with Crippen LogP contribution in [0.1, 0.15) is 53.3 Å². The number of halogens is 1. The van der Waals surface area contributed by atoms with Gasteiger partial charge in [0.25, 0.3) is 11.8 Å². The van der Waals surface area contributed by atoms with E-state index >= 15 is 0 Å². The Kier molecular flexibility index (Phi) is 4.17. The van der Waals surface area contributed by atoms with E-state index in [9.17, 15) is 9.59 Å². The van der Waals surface area contributed by atoms with Gasteiger partial charge in [0.05, 0.1) is 16.1 Å². The van der Waals surface area contributed by atoms with Crippen molar-refractivity contribution in [3.8, 4) is 0 Å². The third-order valence-corrected chi connectivity index (χ3v) is 4.02. The maximum atomic E-state index is 12.2. The van der Waals surface area contributed by atoms with Crippen molar-refractivity contribution >= 4 is 27.7 Å². The largest absolute Gasteiger partial charge is 0.269 e. The Labute approximate surface area is 115 Å². The van der Waals surface area contributed by atoms with Crippen molar-refractivity contribution in [2.45, 2.75) is 37.6 Å². The molecular weight excluding hydrogens is 294 g/mol. The maximum absolute atomic E-state index is 12.2. The summed E-state index contributed by atoms with van der Waals surface area (Å²) < 4.78 is 0. The first-order valence-electron chi connectivity index (χ1n) is 6.27. The Balaban J connectivity index is 2.13. The van der Waals surface area contributed by atoms with Crippen molar-refractivity contribution in [1.29, 1.82) is 0 Å². The van der Waals surface area contributed by atoms with Gasteiger partial charge in [-0.1, -0.05) is 54.2 Å². The van der Waals surface area contributed by atoms with Crippen LogP contribution in [0.3, 0.4) is 0 Å². The first-order chi connectivity index (χ1) is 8.66. The van der Waals surface area contributed by atoms with Gasteiger partial charge >= 0.3 is 0 Å². The normalized spacial score (nSPS) is 16.0. The Bertz CT molecular complexity index is 438. The van der Waals surface area contributed by atoms with E-state index in [1.54, 1.807) is 24.3 Å². The molecule has 96 valence electrons. The molecule has 2 rings (SSSR count). The molecule has 1 aliphatic heterocycles. The van der Waals surface area contributed by atoms with Crippen molar-refractivity contribution in [3.05, 3.63) is 35.4 Å². The molecule has 1 unspecified atom stereocenters. The summed E-state index contributed by atoms with van der Waals surface area (Å²) in [6.45, 7) is 2.13. The SMILES string of the molecule is CCCCCC(Br)N1C(=O)c2ccccc2C1=O. The molecule has 0 aliphatic carbocycles. The molecule has 4 heteroatoms. The molecule has 0 bridgehead atoms. The molecule has 18 heavy (non-hydrogen) atoms. The van der Waals surface area contributed by atoms with Crippen LogP contribution in [0.4, 0.5) is 0 Å². The highest BCUT2D eigenvalue weighted by Gasteiger charge is 2.38. The summed E-state index contributed by atoms with van der Waals surface area (Å²) in [5, 5.41) is 0. The lowest BCUT2D eigenvalue weighted by Crippen LogP contribution is -2.36. The van der Waals surface area contributed by atoms with E-state index in [2.05, 4.69) is 22.9 Å². The number of carbonyl (C=O) groups is 2. The summed E-state index contributed by atoms with van der Waals surface area (Å²) in [5.41, 5.74) is 1.03. The third-order valence-electron chi connectivity index (χ3n) is 3.15. The van der Waals surface area contributed by atoms with Crippen LogP contribution in [-0.4, -0.2) is 21.7 Å². The molecule has 3 nitrogen and oxygen atoms in total. The predicted molar refractivity (Wildman–Crippen MR) is 73.8 cm³/mol. The summed E-state index contributed by atoms with van der Waals surface area (Å²) >= 11 is 3.46. The zero-order valence-corrected chi connectivity index (χ0v) is 11.9. The van der Waals surface area contributed by atoms with Gasteiger partial charge in [-0.05, 0) is 18.6 Å². The summed E-state index contributed by atoms with van der Waals surface area (Å²) in [6.07, 6.45) is 4.06. The lowest BCUT2D eigenvalue weighted by atomic mass is 10.1. The van der Waals surface area contributed by atoms with Gasteiger partial charge in [0, 0.05) is 0 Å². The summed E-state index contributed by atoms with van der Waals surface area (Å²) in [7, 11) is 0. The number of hydrogen-bond acceptors (Lipinski definition) is 2. The van der Waals surface area contributed by atoms with Gasteiger partial charge in [0.15, 0.2) is 0 Å². The first-order valence-corrected chi connectivity index (χ1v) is 7.19. The molecule has 1 aliphatic rings. The topological polar surface area (TPSA) is 37.4 Å². The average molecular weight is 310 g/mol. The molecule has 2 amide bonds. The van der Waals surface area contributed by atoms with Crippen LogP contribution in [0.5, 0.6) is 0 Å². The zero-order chi connectivity index (χ0) is 13.1. The van der Waals surface area contributed by atoms with Gasteiger partial charge in [-0.15, -0.1) is 0 Å². The number of alkyl halides is 1. The molecule has 1 aromatic carbocycles. The van der Waals surface area contributed by atoms with E-state index in [0.29, 0.717) is 11.1 Å². The molecule has 0 saturated heterocycles. The molecule has 0 N–H and O–H groups in total. The molecule has 0 spiro atoms. The third kappa shape index (κ3) is 2.34. The van der Waals surface area contributed by atoms with Gasteiger partial charge < -0.3 is 0 Å². The number of unbranched alkanes of at least 4 members (excludes halogenated alkanes) is 2. The fourth-order valence-electron chi connectivity index (χ4n) is 2.15. The number of rotatable bonds is 5. The monoisotopic (exact) mass is 309 g/mol. The van der Waals surface area contributed by atoms with E-state index in [-0.39, 0.29) is 16.8 Å². The first kappa shape index (κ1) is 13.3. The Morgan fingerprint density at radius 1 is 1.11 bits per heavy atom. The second-order valence-corrected chi connectivity index (χ2v) is 5.51. The molecule has 1 atom stereocenters. The van der Waals surface area contributed by atoms with Crippen molar-refractivity contribution in [2.75, 3.05) is 0 Å². The van der Waals surface area contributed by atoms with Crippen molar-refractivity contribution in [3.63, 3.8) is 0 Å². The van der Waals surface area contributed by atoms with E-state index in [1.807, 2.05) is 0 Å². The van der Waals surface area contributed by atoms with Gasteiger partial charge in [0.2, 0.25) is 0 Å². The van der Waals surface area contributed by atoms with Crippen LogP contribution in [0.15, 0.2) is 24.3 Å². The molecule has 0 saturated carbocycles. The minimum absolute atomic E-state index is 0.186. The van der Waals surface area contributed by atoms with Crippen LogP contribution in [0, 0.1) is 0 Å². The molecule has 0 fully saturated rings. The fraction of sp³-hybridized carbons (Fsp3) is 0.429. The highest BCUT2D eigenvalue weighted by molar-refractivity contribution is 9.09. The second kappa shape index (κ2) is 5.65. The van der Waals surface area contributed by atoms with Crippen LogP contribution in [0.25, 0.3) is 0 Å². The van der Waals surface area contributed by atoms with Crippen LogP contribution >= 0.6 is 15.9 Å². The van der Waals surface area contributed by atoms with Gasteiger partial charge in [-0.2, -0.15) is 0 Å². The number of imide groups is 1. The van der Waals surface area contributed by atoms with Gasteiger partial charge in [-0.3, -0.25) is 14.5 Å². The number of fused-ring (bicyclic) bond motifs is 1. The lowest BCUT2D eigenvalue weighted by molar-refractivity contribution is 0.0636. The predicted octanol–water partition coefficient (Wildman–Crippen LogP) is 3.58. The average Bonchev–Trinajstić information content (AvgIpc) is 2.63. The number of hydrogen-bond donors (Lipinski definition) is 0. The quantitative estimate of drug-likeness (QED) is 0.361. The fourth-order valence-corrected chi connectivity index (χ4v) is 2.85. The van der Waals surface area contributed by atoms with Crippen molar-refractivity contribution < 1.29 is 9.59 Å². The van der Waals surface area contributed by atoms with E-state index in [4.69, 9.17) is 0 Å². The van der Waals surface area contributed by atoms with Crippen LogP contribution < -0.4 is 0 Å². The smallest absolute Gasteiger partial charge is 0.262 e. The standard InChI is InChI=1S/C14H16BrNO2/c1-2-3-4-9-12(15)16-13(17)10-7-5-6-8-11(10)14(16)18/h5-8,12H,2-4,9H2,1H3. The van der Waals surface area contributed by atoms with Crippen molar-refractivity contribution in [1.82, 2.24) is 4.90 Å². The zero-order valence-electron chi connectivity index (χ0n) is 10.4. The molecule has 0 aromatic heterocycles. The number of nitrogens with zero attached hydrogens (tertiary/aromatic N) is 1. The minimum atomic E-state index is -0.198. The van der Waals surface area contributed by atoms with Gasteiger partial charge in [-0.25, -0.2) is 0 Å². The van der Waals surface area contributed by atoms with E-state index in [1.165, 1.54) is 4.90 Å². The summed E-state index contributed by atoms with van der Waals surface area (Å²) in [6, 6.07) is 6.99. The lowest BCUT2D eigenvalue weighted by Gasteiger charge is -2.20. The Morgan fingerprint density at radius 3 is 2.17 bits per heavy atom. The number of amides is 2. The van der Waals surface area contributed by atoms with Crippen LogP contribution in [0.2, 0.25) is 0 Å². The Hall–Kier alpha value is -1.16. The highest BCUT2D eigenvalue weighted by Crippen LogP contribution is 2.28. The molecule has 0 radical (unpaired) electrons.